The van der Waals surface area contributed by atoms with Crippen LogP contribution in [0.3, 0.4) is 0 Å². The van der Waals surface area contributed by atoms with Gasteiger partial charge in [-0.3, -0.25) is 9.69 Å². The van der Waals surface area contributed by atoms with Gasteiger partial charge in [0.05, 0.1) is 0 Å². The summed E-state index contributed by atoms with van der Waals surface area (Å²) in [7, 11) is 1.05. The molecule has 0 aliphatic rings. The summed E-state index contributed by atoms with van der Waals surface area (Å²) >= 11 is 4.62. The van der Waals surface area contributed by atoms with Gasteiger partial charge in [0.25, 0.3) is 0 Å². The summed E-state index contributed by atoms with van der Waals surface area (Å²) in [6, 6.07) is 0.531. The van der Waals surface area contributed by atoms with Gasteiger partial charge in [-0.15, -0.1) is 0 Å². The van der Waals surface area contributed by atoms with E-state index in [4.69, 9.17) is 13.3 Å². The standard InChI is InChI=1S/C18H39NO4SSi/c1-8-11-18(24)15(4)14-17(20)12-13-25(21-9-2,22-10-3)23-16(5)19(6)7/h15-16,18,24H,8-14H2,1-7H3. The molecule has 150 valence electrons. The molecule has 0 aromatic rings. The lowest BCUT2D eigenvalue weighted by Crippen LogP contribution is -2.51. The zero-order chi connectivity index (χ0) is 19.5. The number of carbonyl (C=O) groups excluding carboxylic acids is 1. The smallest absolute Gasteiger partial charge is 0.374 e. The summed E-state index contributed by atoms with van der Waals surface area (Å²) in [6.45, 7) is 11.1. The maximum absolute atomic E-state index is 12.4. The van der Waals surface area contributed by atoms with Crippen molar-refractivity contribution in [3.63, 3.8) is 0 Å². The Morgan fingerprint density at radius 3 is 2.12 bits per heavy atom. The molecule has 5 nitrogen and oxygen atoms in total. The average Bonchev–Trinajstić information content (AvgIpc) is 2.53. The predicted molar refractivity (Wildman–Crippen MR) is 109 cm³/mol. The van der Waals surface area contributed by atoms with E-state index in [9.17, 15) is 4.79 Å². The van der Waals surface area contributed by atoms with E-state index in [1.165, 1.54) is 0 Å². The number of hydrogen-bond donors (Lipinski definition) is 1. The number of Topliss-reactive ketones (excluding diaryl/α,β-unsaturated/α-hetero) is 1. The molecule has 0 aliphatic carbocycles. The molecular formula is C18H39NO4SSi. The summed E-state index contributed by atoms with van der Waals surface area (Å²) in [5.74, 6) is 0.521. The Morgan fingerprint density at radius 2 is 1.68 bits per heavy atom. The molecule has 0 aromatic carbocycles. The van der Waals surface area contributed by atoms with Gasteiger partial charge in [-0.2, -0.15) is 12.6 Å². The minimum Gasteiger partial charge on any atom is -0.374 e. The van der Waals surface area contributed by atoms with E-state index in [0.717, 1.165) is 12.8 Å². The molecule has 0 saturated heterocycles. The Kier molecular flexibility index (Phi) is 13.3. The van der Waals surface area contributed by atoms with Gasteiger partial charge in [0.1, 0.15) is 12.0 Å². The lowest BCUT2D eigenvalue weighted by atomic mass is 9.97. The van der Waals surface area contributed by atoms with Crippen molar-refractivity contribution in [1.29, 1.82) is 0 Å². The minimum atomic E-state index is -2.86. The first-order chi connectivity index (χ1) is 11.7. The molecular weight excluding hydrogens is 354 g/mol. The van der Waals surface area contributed by atoms with Crippen LogP contribution < -0.4 is 0 Å². The molecule has 0 aliphatic heterocycles. The number of carbonyl (C=O) groups is 1. The number of ketones is 1. The highest BCUT2D eigenvalue weighted by Gasteiger charge is 2.43. The lowest BCUT2D eigenvalue weighted by Gasteiger charge is -2.34. The summed E-state index contributed by atoms with van der Waals surface area (Å²) in [5.41, 5.74) is 0. The first-order valence-electron chi connectivity index (χ1n) is 9.53. The predicted octanol–water partition coefficient (Wildman–Crippen LogP) is 4.01. The fraction of sp³-hybridized carbons (Fsp3) is 0.944. The first kappa shape index (κ1) is 25.1. The highest BCUT2D eigenvalue weighted by molar-refractivity contribution is 7.81. The van der Waals surface area contributed by atoms with Crippen molar-refractivity contribution in [2.75, 3.05) is 27.3 Å². The molecule has 0 spiro atoms. The van der Waals surface area contributed by atoms with Crippen molar-refractivity contribution in [2.24, 2.45) is 5.92 Å². The Morgan fingerprint density at radius 1 is 1.12 bits per heavy atom. The largest absolute Gasteiger partial charge is 0.502 e. The zero-order valence-electron chi connectivity index (χ0n) is 17.2. The van der Waals surface area contributed by atoms with Gasteiger partial charge in [0.2, 0.25) is 0 Å². The van der Waals surface area contributed by atoms with Crippen LogP contribution in [0.25, 0.3) is 0 Å². The zero-order valence-corrected chi connectivity index (χ0v) is 19.1. The van der Waals surface area contributed by atoms with Gasteiger partial charge in [-0.25, -0.2) is 0 Å². The van der Waals surface area contributed by atoms with E-state index in [1.807, 2.05) is 39.8 Å². The summed E-state index contributed by atoms with van der Waals surface area (Å²) in [6.07, 6.45) is 3.00. The molecule has 0 N–H and O–H groups in total. The molecule has 0 bridgehead atoms. The molecule has 0 rings (SSSR count). The van der Waals surface area contributed by atoms with Crippen LogP contribution in [0.15, 0.2) is 0 Å². The van der Waals surface area contributed by atoms with Crippen molar-refractivity contribution in [3.05, 3.63) is 0 Å². The topological polar surface area (TPSA) is 48.0 Å². The highest BCUT2D eigenvalue weighted by Crippen LogP contribution is 2.24. The van der Waals surface area contributed by atoms with E-state index in [1.54, 1.807) is 0 Å². The van der Waals surface area contributed by atoms with Gasteiger partial charge in [-0.1, -0.05) is 20.3 Å². The molecule has 0 radical (unpaired) electrons. The normalized spacial score (nSPS) is 16.0. The second-order valence-electron chi connectivity index (χ2n) is 6.81. The number of hydrogen-bond acceptors (Lipinski definition) is 6. The fourth-order valence-electron chi connectivity index (χ4n) is 2.59. The monoisotopic (exact) mass is 393 g/mol. The first-order valence-corrected chi connectivity index (χ1v) is 12.0. The van der Waals surface area contributed by atoms with Gasteiger partial charge >= 0.3 is 8.80 Å². The molecule has 3 unspecified atom stereocenters. The fourth-order valence-corrected chi connectivity index (χ4v) is 5.77. The quantitative estimate of drug-likeness (QED) is 0.259. The average molecular weight is 394 g/mol. The Labute approximate surface area is 161 Å². The lowest BCUT2D eigenvalue weighted by molar-refractivity contribution is -0.120. The molecule has 0 aromatic heterocycles. The number of nitrogens with zero attached hydrogens (tertiary/aromatic N) is 1. The van der Waals surface area contributed by atoms with Crippen molar-refractivity contribution >= 4 is 27.2 Å². The molecule has 0 fully saturated rings. The van der Waals surface area contributed by atoms with Crippen LogP contribution in [0.2, 0.25) is 6.04 Å². The second-order valence-corrected chi connectivity index (χ2v) is 10.1. The minimum absolute atomic E-state index is 0.120. The molecule has 0 amide bonds. The highest BCUT2D eigenvalue weighted by atomic mass is 32.1. The van der Waals surface area contributed by atoms with Crippen molar-refractivity contribution in [2.45, 2.75) is 77.8 Å². The molecule has 3 atom stereocenters. The van der Waals surface area contributed by atoms with Gasteiger partial charge < -0.3 is 13.3 Å². The van der Waals surface area contributed by atoms with Gasteiger partial charge in [-0.05, 0) is 47.2 Å². The molecule has 0 saturated carbocycles. The van der Waals surface area contributed by atoms with Crippen LogP contribution in [0.4, 0.5) is 0 Å². The summed E-state index contributed by atoms with van der Waals surface area (Å²) in [5, 5.41) is 0.278. The third kappa shape index (κ3) is 10.1. The van der Waals surface area contributed by atoms with Crippen LogP contribution in [-0.4, -0.2) is 58.3 Å². The third-order valence-electron chi connectivity index (χ3n) is 4.31. The number of thiol groups is 1. The van der Waals surface area contributed by atoms with E-state index in [2.05, 4.69) is 26.5 Å². The number of rotatable bonds is 15. The van der Waals surface area contributed by atoms with Gasteiger partial charge in [0, 0.05) is 37.3 Å². The van der Waals surface area contributed by atoms with Crippen LogP contribution >= 0.6 is 12.6 Å². The Hall–Kier alpha value is 0.0769. The van der Waals surface area contributed by atoms with Crippen molar-refractivity contribution in [1.82, 2.24) is 4.90 Å². The third-order valence-corrected chi connectivity index (χ3v) is 8.09. The van der Waals surface area contributed by atoms with Crippen LogP contribution in [-0.2, 0) is 18.1 Å². The van der Waals surface area contributed by atoms with E-state index in [0.29, 0.717) is 32.1 Å². The van der Waals surface area contributed by atoms with E-state index in [-0.39, 0.29) is 23.2 Å². The van der Waals surface area contributed by atoms with Crippen LogP contribution in [0, 0.1) is 5.92 Å². The van der Waals surface area contributed by atoms with Crippen LogP contribution in [0.1, 0.15) is 60.3 Å². The van der Waals surface area contributed by atoms with E-state index < -0.39 is 8.80 Å². The molecule has 25 heavy (non-hydrogen) atoms. The van der Waals surface area contributed by atoms with Gasteiger partial charge in [0.15, 0.2) is 0 Å². The molecule has 0 heterocycles. The Balaban J connectivity index is 4.80. The van der Waals surface area contributed by atoms with E-state index >= 15 is 0 Å². The maximum atomic E-state index is 12.4. The summed E-state index contributed by atoms with van der Waals surface area (Å²) < 4.78 is 18.0. The Bertz CT molecular complexity index is 365. The van der Waals surface area contributed by atoms with Crippen molar-refractivity contribution < 1.29 is 18.1 Å². The van der Waals surface area contributed by atoms with Crippen molar-refractivity contribution in [3.8, 4) is 0 Å². The summed E-state index contributed by atoms with van der Waals surface area (Å²) in [4.78, 5) is 14.4. The maximum Gasteiger partial charge on any atom is 0.502 e. The van der Waals surface area contributed by atoms with Crippen LogP contribution in [0.5, 0.6) is 0 Å². The SMILES string of the molecule is CCCC(S)C(C)CC(=O)CC[Si](OCC)(OCC)OC(C)N(C)C. The second kappa shape index (κ2) is 13.3. The molecule has 7 heteroatoms.